The van der Waals surface area contributed by atoms with E-state index in [-0.39, 0.29) is 5.54 Å². The minimum atomic E-state index is 0.243. The first kappa shape index (κ1) is 14.4. The third-order valence-electron chi connectivity index (χ3n) is 3.87. The average Bonchev–Trinajstić information content (AvgIpc) is 2.35. The number of benzene rings is 1. The summed E-state index contributed by atoms with van der Waals surface area (Å²) in [5, 5.41) is 7.23. The molecule has 0 aliphatic carbocycles. The van der Waals surface area contributed by atoms with E-state index < -0.39 is 0 Å². The molecule has 2 N–H and O–H groups in total. The third-order valence-corrected chi connectivity index (χ3v) is 3.87. The molecule has 1 aromatic carbocycles. The van der Waals surface area contributed by atoms with Crippen LogP contribution in [0.2, 0.25) is 0 Å². The van der Waals surface area contributed by atoms with Gasteiger partial charge in [0.2, 0.25) is 0 Å². The molecule has 1 heterocycles. The maximum Gasteiger partial charge on any atom is 0.123 e. The normalized spacial score (nSPS) is 22.2. The summed E-state index contributed by atoms with van der Waals surface area (Å²) in [5.41, 5.74) is 2.77. The van der Waals surface area contributed by atoms with Gasteiger partial charge in [0.25, 0.3) is 0 Å². The van der Waals surface area contributed by atoms with E-state index in [1.807, 2.05) is 0 Å². The summed E-state index contributed by atoms with van der Waals surface area (Å²) in [6, 6.07) is 6.94. The van der Waals surface area contributed by atoms with Gasteiger partial charge in [-0.25, -0.2) is 0 Å². The zero-order valence-electron chi connectivity index (χ0n) is 12.5. The second-order valence-electron chi connectivity index (χ2n) is 6.20. The minimum Gasteiger partial charge on any atom is -0.496 e. The third kappa shape index (κ3) is 3.95. The summed E-state index contributed by atoms with van der Waals surface area (Å²) >= 11 is 0. The number of aryl methyl sites for hydroxylation is 1. The van der Waals surface area contributed by atoms with Gasteiger partial charge >= 0.3 is 0 Å². The van der Waals surface area contributed by atoms with Crippen LogP contribution in [0.5, 0.6) is 5.75 Å². The largest absolute Gasteiger partial charge is 0.496 e. The number of methoxy groups -OCH3 is 1. The quantitative estimate of drug-likeness (QED) is 0.875. The van der Waals surface area contributed by atoms with Gasteiger partial charge < -0.3 is 15.4 Å². The van der Waals surface area contributed by atoms with Crippen LogP contribution in [-0.2, 0) is 6.54 Å². The Bertz CT molecular complexity index is 429. The summed E-state index contributed by atoms with van der Waals surface area (Å²) in [4.78, 5) is 0. The monoisotopic (exact) mass is 262 g/mol. The first-order valence-electron chi connectivity index (χ1n) is 7.12. The molecule has 1 aliphatic heterocycles. The van der Waals surface area contributed by atoms with Crippen LogP contribution in [-0.4, -0.2) is 25.2 Å². The second kappa shape index (κ2) is 5.93. The summed E-state index contributed by atoms with van der Waals surface area (Å²) < 4.78 is 5.43. The van der Waals surface area contributed by atoms with Crippen LogP contribution in [0, 0.1) is 6.92 Å². The van der Waals surface area contributed by atoms with Gasteiger partial charge in [0, 0.05) is 23.7 Å². The van der Waals surface area contributed by atoms with Gasteiger partial charge in [0.05, 0.1) is 7.11 Å². The van der Waals surface area contributed by atoms with E-state index in [2.05, 4.69) is 49.6 Å². The van der Waals surface area contributed by atoms with E-state index in [0.29, 0.717) is 6.04 Å². The fraction of sp³-hybridized carbons (Fsp3) is 0.625. The Hall–Kier alpha value is -1.06. The van der Waals surface area contributed by atoms with E-state index >= 15 is 0 Å². The van der Waals surface area contributed by atoms with Crippen molar-refractivity contribution in [3.05, 3.63) is 29.3 Å². The predicted molar refractivity (Wildman–Crippen MR) is 79.7 cm³/mol. The van der Waals surface area contributed by atoms with Gasteiger partial charge in [0.1, 0.15) is 5.75 Å². The molecular weight excluding hydrogens is 236 g/mol. The molecular formula is C16H26N2O. The Kier molecular flexibility index (Phi) is 4.48. The summed E-state index contributed by atoms with van der Waals surface area (Å²) in [7, 11) is 1.74. The molecule has 106 valence electrons. The van der Waals surface area contributed by atoms with Crippen LogP contribution in [0.3, 0.4) is 0 Å². The molecule has 0 radical (unpaired) electrons. The molecule has 1 aromatic rings. The molecule has 3 nitrogen and oxygen atoms in total. The highest BCUT2D eigenvalue weighted by atomic mass is 16.5. The van der Waals surface area contributed by atoms with E-state index in [1.165, 1.54) is 24.0 Å². The van der Waals surface area contributed by atoms with Gasteiger partial charge in [-0.3, -0.25) is 0 Å². The van der Waals surface area contributed by atoms with E-state index in [9.17, 15) is 0 Å². The van der Waals surface area contributed by atoms with Gasteiger partial charge in [-0.05, 0) is 46.2 Å². The van der Waals surface area contributed by atoms with Crippen LogP contribution >= 0.6 is 0 Å². The first-order chi connectivity index (χ1) is 9.00. The zero-order valence-corrected chi connectivity index (χ0v) is 12.5. The average molecular weight is 262 g/mol. The summed E-state index contributed by atoms with van der Waals surface area (Å²) in [6.07, 6.45) is 2.36. The van der Waals surface area contributed by atoms with Crippen molar-refractivity contribution in [1.82, 2.24) is 10.6 Å². The van der Waals surface area contributed by atoms with E-state index in [4.69, 9.17) is 4.74 Å². The Labute approximate surface area is 116 Å². The standard InChI is InChI=1S/C16H26N2O/c1-12-5-6-15(19-4)13(9-12)11-17-14-7-8-18-16(2,3)10-14/h5-6,9,14,17-18H,7-8,10-11H2,1-4H3. The van der Waals surface area contributed by atoms with Crippen molar-refractivity contribution in [1.29, 1.82) is 0 Å². The second-order valence-corrected chi connectivity index (χ2v) is 6.20. The lowest BCUT2D eigenvalue weighted by Gasteiger charge is -2.37. The highest BCUT2D eigenvalue weighted by Crippen LogP contribution is 2.22. The van der Waals surface area contributed by atoms with Crippen LogP contribution in [0.25, 0.3) is 0 Å². The molecule has 0 saturated carbocycles. The first-order valence-corrected chi connectivity index (χ1v) is 7.12. The lowest BCUT2D eigenvalue weighted by Crippen LogP contribution is -2.51. The van der Waals surface area contributed by atoms with Crippen LogP contribution in [0.4, 0.5) is 0 Å². The van der Waals surface area contributed by atoms with E-state index in [1.54, 1.807) is 7.11 Å². The molecule has 0 bridgehead atoms. The van der Waals surface area contributed by atoms with Crippen LogP contribution < -0.4 is 15.4 Å². The van der Waals surface area contributed by atoms with Crippen molar-refractivity contribution in [2.45, 2.75) is 51.7 Å². The number of nitrogens with one attached hydrogen (secondary N) is 2. The lowest BCUT2D eigenvalue weighted by molar-refractivity contribution is 0.247. The fourth-order valence-corrected chi connectivity index (χ4v) is 2.85. The lowest BCUT2D eigenvalue weighted by atomic mass is 9.89. The smallest absolute Gasteiger partial charge is 0.123 e. The molecule has 1 saturated heterocycles. The molecule has 19 heavy (non-hydrogen) atoms. The van der Waals surface area contributed by atoms with Crippen molar-refractivity contribution in [2.24, 2.45) is 0 Å². The Morgan fingerprint density at radius 1 is 1.42 bits per heavy atom. The molecule has 0 spiro atoms. The molecule has 3 heteroatoms. The summed E-state index contributed by atoms with van der Waals surface area (Å²) in [5.74, 6) is 0.978. The maximum atomic E-state index is 5.43. The van der Waals surface area contributed by atoms with Gasteiger partial charge in [-0.15, -0.1) is 0 Å². The number of piperidine rings is 1. The van der Waals surface area contributed by atoms with Gasteiger partial charge in [-0.1, -0.05) is 17.7 Å². The number of hydrogen-bond acceptors (Lipinski definition) is 3. The SMILES string of the molecule is COc1ccc(C)cc1CNC1CCNC(C)(C)C1. The maximum absolute atomic E-state index is 5.43. The number of hydrogen-bond donors (Lipinski definition) is 2. The Morgan fingerprint density at radius 3 is 2.89 bits per heavy atom. The number of rotatable bonds is 4. The van der Waals surface area contributed by atoms with Crippen molar-refractivity contribution in [2.75, 3.05) is 13.7 Å². The summed E-state index contributed by atoms with van der Waals surface area (Å²) in [6.45, 7) is 8.64. The van der Waals surface area contributed by atoms with Crippen molar-refractivity contribution in [3.63, 3.8) is 0 Å². The van der Waals surface area contributed by atoms with Crippen molar-refractivity contribution in [3.8, 4) is 5.75 Å². The molecule has 1 atom stereocenters. The zero-order chi connectivity index (χ0) is 13.9. The topological polar surface area (TPSA) is 33.3 Å². The van der Waals surface area contributed by atoms with Crippen molar-refractivity contribution >= 4 is 0 Å². The predicted octanol–water partition coefficient (Wildman–Crippen LogP) is 2.62. The molecule has 1 fully saturated rings. The highest BCUT2D eigenvalue weighted by Gasteiger charge is 2.26. The van der Waals surface area contributed by atoms with Crippen LogP contribution in [0.1, 0.15) is 37.8 Å². The van der Waals surface area contributed by atoms with E-state index in [0.717, 1.165) is 18.8 Å². The van der Waals surface area contributed by atoms with Gasteiger partial charge in [-0.2, -0.15) is 0 Å². The fourth-order valence-electron chi connectivity index (χ4n) is 2.85. The van der Waals surface area contributed by atoms with Crippen molar-refractivity contribution < 1.29 is 4.74 Å². The number of ether oxygens (including phenoxy) is 1. The van der Waals surface area contributed by atoms with Crippen LogP contribution in [0.15, 0.2) is 18.2 Å². The molecule has 1 unspecified atom stereocenters. The highest BCUT2D eigenvalue weighted by molar-refractivity contribution is 5.36. The Morgan fingerprint density at radius 2 is 2.21 bits per heavy atom. The molecule has 2 rings (SSSR count). The molecule has 0 amide bonds. The minimum absolute atomic E-state index is 0.243. The molecule has 1 aliphatic rings. The van der Waals surface area contributed by atoms with Gasteiger partial charge in [0.15, 0.2) is 0 Å². The molecule has 0 aromatic heterocycles. The Balaban J connectivity index is 1.96.